The molecule has 2 rings (SSSR count). The number of benzene rings is 1. The van der Waals surface area contributed by atoms with Crippen molar-refractivity contribution in [1.29, 1.82) is 0 Å². The number of ether oxygens (including phenoxy) is 1. The number of ketones is 1. The molecule has 0 radical (unpaired) electrons. The van der Waals surface area contributed by atoms with E-state index in [4.69, 9.17) is 0 Å². The fourth-order valence-electron chi connectivity index (χ4n) is 2.95. The molecule has 1 heterocycles. The van der Waals surface area contributed by atoms with Crippen molar-refractivity contribution in [3.8, 4) is 0 Å². The van der Waals surface area contributed by atoms with Crippen LogP contribution in [0.3, 0.4) is 0 Å². The zero-order chi connectivity index (χ0) is 18.1. The number of hydrogen-bond donors (Lipinski definition) is 1. The van der Waals surface area contributed by atoms with Crippen LogP contribution in [0.2, 0.25) is 0 Å². The van der Waals surface area contributed by atoms with E-state index in [-0.39, 0.29) is 17.9 Å². The maximum atomic E-state index is 11.4. The highest BCUT2D eigenvalue weighted by atomic mass is 79.9. The molecule has 1 aliphatic rings. The third-order valence-corrected chi connectivity index (χ3v) is 4.93. The molecule has 1 aromatic rings. The lowest BCUT2D eigenvalue weighted by Crippen LogP contribution is -2.05. The van der Waals surface area contributed by atoms with Gasteiger partial charge in [0.15, 0.2) is 6.61 Å². The normalized spacial score (nSPS) is 16.2. The highest BCUT2D eigenvalue weighted by Gasteiger charge is 2.31. The van der Waals surface area contributed by atoms with E-state index < -0.39 is 11.8 Å². The van der Waals surface area contributed by atoms with Gasteiger partial charge in [-0.05, 0) is 37.0 Å². The van der Waals surface area contributed by atoms with Crippen LogP contribution in [0.4, 0.5) is 0 Å². The van der Waals surface area contributed by atoms with E-state index in [1.165, 1.54) is 31.2 Å². The van der Waals surface area contributed by atoms with Crippen molar-refractivity contribution in [2.24, 2.45) is 0 Å². The van der Waals surface area contributed by atoms with Crippen molar-refractivity contribution >= 4 is 27.7 Å². The second-order valence-corrected chi connectivity index (χ2v) is 7.34. The highest BCUT2D eigenvalue weighted by Crippen LogP contribution is 2.19. The first-order valence-electron chi connectivity index (χ1n) is 8.95. The maximum absolute atomic E-state index is 11.4. The Balaban J connectivity index is 1.49. The van der Waals surface area contributed by atoms with Gasteiger partial charge in [0.25, 0.3) is 0 Å². The van der Waals surface area contributed by atoms with Crippen LogP contribution in [0.25, 0.3) is 0 Å². The number of carbonyl (C=O) groups is 2. The predicted octanol–water partition coefficient (Wildman–Crippen LogP) is 5.05. The number of Topliss-reactive ketones (excluding diaryl/α,β-unsaturated/α-hetero) is 1. The molecule has 5 heteroatoms. The number of aliphatic hydroxyl groups excluding tert-OH is 1. The maximum Gasteiger partial charge on any atom is 0.345 e. The molecule has 0 amide bonds. The summed E-state index contributed by atoms with van der Waals surface area (Å²) in [6.07, 6.45) is 9.22. The molecule has 1 fully saturated rings. The van der Waals surface area contributed by atoms with Gasteiger partial charge in [0.1, 0.15) is 11.3 Å². The van der Waals surface area contributed by atoms with Crippen molar-refractivity contribution in [3.05, 3.63) is 45.6 Å². The van der Waals surface area contributed by atoms with E-state index in [0.717, 1.165) is 30.2 Å². The van der Waals surface area contributed by atoms with Gasteiger partial charge in [-0.25, -0.2) is 4.79 Å². The van der Waals surface area contributed by atoms with Crippen molar-refractivity contribution in [1.82, 2.24) is 0 Å². The number of rotatable bonds is 10. The molecule has 0 unspecified atom stereocenters. The summed E-state index contributed by atoms with van der Waals surface area (Å²) in [6, 6.07) is 8.49. The average molecular weight is 409 g/mol. The van der Waals surface area contributed by atoms with Gasteiger partial charge in [0, 0.05) is 10.9 Å². The van der Waals surface area contributed by atoms with Crippen LogP contribution in [0.1, 0.15) is 56.9 Å². The number of allylic oxidation sites excluding steroid dienone is 1. The summed E-state index contributed by atoms with van der Waals surface area (Å²) < 4.78 is 5.73. The molecule has 0 aromatic heterocycles. The number of esters is 1. The topological polar surface area (TPSA) is 63.6 Å². The molecule has 0 bridgehead atoms. The molecule has 1 saturated heterocycles. The van der Waals surface area contributed by atoms with E-state index in [0.29, 0.717) is 6.42 Å². The number of halogens is 1. The zero-order valence-corrected chi connectivity index (χ0v) is 16.0. The number of carbonyl (C=O) groups excluding carboxylic acids is 2. The molecule has 0 aliphatic carbocycles. The van der Waals surface area contributed by atoms with E-state index >= 15 is 0 Å². The van der Waals surface area contributed by atoms with E-state index in [1.807, 2.05) is 0 Å². The van der Waals surface area contributed by atoms with Gasteiger partial charge in [-0.3, -0.25) is 4.79 Å². The minimum Gasteiger partial charge on any atom is -0.511 e. The van der Waals surface area contributed by atoms with E-state index in [1.54, 1.807) is 0 Å². The number of aliphatic hydroxyl groups is 1. The first-order valence-corrected chi connectivity index (χ1v) is 9.74. The molecule has 0 saturated carbocycles. The Bertz CT molecular complexity index is 601. The van der Waals surface area contributed by atoms with Crippen molar-refractivity contribution in [3.63, 3.8) is 0 Å². The van der Waals surface area contributed by atoms with Crippen LogP contribution in [0, 0.1) is 0 Å². The summed E-state index contributed by atoms with van der Waals surface area (Å²) in [5.41, 5.74) is 1.24. The van der Waals surface area contributed by atoms with Crippen LogP contribution in [-0.2, 0) is 20.7 Å². The summed E-state index contributed by atoms with van der Waals surface area (Å²) in [7, 11) is 0. The van der Waals surface area contributed by atoms with Gasteiger partial charge < -0.3 is 9.84 Å². The Kier molecular flexibility index (Phi) is 8.19. The largest absolute Gasteiger partial charge is 0.511 e. The third-order valence-electron chi connectivity index (χ3n) is 4.40. The number of aryl methyl sites for hydroxylation is 1. The summed E-state index contributed by atoms with van der Waals surface area (Å²) in [5, 5.41) is 9.84. The highest BCUT2D eigenvalue weighted by molar-refractivity contribution is 9.10. The Morgan fingerprint density at radius 3 is 2.16 bits per heavy atom. The van der Waals surface area contributed by atoms with Gasteiger partial charge in [0.05, 0.1) is 0 Å². The fourth-order valence-corrected chi connectivity index (χ4v) is 3.21. The van der Waals surface area contributed by atoms with Gasteiger partial charge in [-0.15, -0.1) is 0 Å². The molecule has 0 atom stereocenters. The molecule has 1 aliphatic heterocycles. The molecular formula is C20H25BrO4. The lowest BCUT2D eigenvalue weighted by atomic mass is 10.0. The van der Waals surface area contributed by atoms with Crippen LogP contribution >= 0.6 is 15.9 Å². The van der Waals surface area contributed by atoms with Crippen molar-refractivity contribution in [2.75, 3.05) is 6.61 Å². The van der Waals surface area contributed by atoms with Crippen LogP contribution in [0.5, 0.6) is 0 Å². The first-order chi connectivity index (χ1) is 12.1. The standard InChI is InChI=1S/C20H25BrO4/c21-16-12-10-15(11-13-16)8-6-4-2-1-3-5-7-9-17(22)19-18(23)14-25-20(19)24/h10-13,22H,1-9,14H2. The lowest BCUT2D eigenvalue weighted by molar-refractivity contribution is -0.135. The smallest absolute Gasteiger partial charge is 0.345 e. The number of unbranched alkanes of at least 4 members (excludes halogenated alkanes) is 6. The number of cyclic esters (lactones) is 1. The van der Waals surface area contributed by atoms with Crippen molar-refractivity contribution in [2.45, 2.75) is 57.8 Å². The van der Waals surface area contributed by atoms with Gasteiger partial charge in [0.2, 0.25) is 5.78 Å². The molecular weight excluding hydrogens is 384 g/mol. The molecule has 0 spiro atoms. The number of hydrogen-bond acceptors (Lipinski definition) is 4. The summed E-state index contributed by atoms with van der Waals surface area (Å²) in [4.78, 5) is 22.7. The van der Waals surface area contributed by atoms with E-state index in [2.05, 4.69) is 44.9 Å². The zero-order valence-electron chi connectivity index (χ0n) is 14.4. The monoisotopic (exact) mass is 408 g/mol. The van der Waals surface area contributed by atoms with Gasteiger partial charge in [-0.2, -0.15) is 0 Å². The van der Waals surface area contributed by atoms with E-state index in [9.17, 15) is 14.7 Å². The molecule has 1 aromatic carbocycles. The Labute approximate surface area is 157 Å². The van der Waals surface area contributed by atoms with Gasteiger partial charge >= 0.3 is 5.97 Å². The summed E-state index contributed by atoms with van der Waals surface area (Å²) in [6.45, 7) is -0.238. The molecule has 4 nitrogen and oxygen atoms in total. The van der Waals surface area contributed by atoms with Crippen LogP contribution in [-0.4, -0.2) is 23.5 Å². The lowest BCUT2D eigenvalue weighted by Gasteiger charge is -2.04. The van der Waals surface area contributed by atoms with Crippen LogP contribution in [0.15, 0.2) is 40.1 Å². The van der Waals surface area contributed by atoms with Crippen molar-refractivity contribution < 1.29 is 19.4 Å². The minimum atomic E-state index is -0.687. The first kappa shape index (κ1) is 19.7. The quantitative estimate of drug-likeness (QED) is 0.193. The molecule has 136 valence electrons. The predicted molar refractivity (Wildman–Crippen MR) is 100 cm³/mol. The SMILES string of the molecule is O=C1COC(=O)C1=C(O)CCCCCCCCCc1ccc(Br)cc1. The fraction of sp³-hybridized carbons (Fsp3) is 0.500. The Morgan fingerprint density at radius 1 is 0.960 bits per heavy atom. The second-order valence-electron chi connectivity index (χ2n) is 6.42. The summed E-state index contributed by atoms with van der Waals surface area (Å²) >= 11 is 3.44. The Morgan fingerprint density at radius 2 is 1.56 bits per heavy atom. The second kappa shape index (κ2) is 10.4. The minimum absolute atomic E-state index is 0.109. The molecule has 25 heavy (non-hydrogen) atoms. The Hall–Kier alpha value is -1.62. The summed E-state index contributed by atoms with van der Waals surface area (Å²) in [5.74, 6) is -1.21. The molecule has 1 N–H and O–H groups in total. The third kappa shape index (κ3) is 6.65. The average Bonchev–Trinajstić information content (AvgIpc) is 2.93. The van der Waals surface area contributed by atoms with Crippen LogP contribution < -0.4 is 0 Å². The van der Waals surface area contributed by atoms with Gasteiger partial charge in [-0.1, -0.05) is 60.2 Å².